The molecule has 2 amide bonds. The molecule has 3 rings (SSSR count). The number of thioether (sulfide) groups is 1. The lowest BCUT2D eigenvalue weighted by Crippen LogP contribution is -2.58. The zero-order valence-corrected chi connectivity index (χ0v) is 14.5. The van der Waals surface area contributed by atoms with Crippen molar-refractivity contribution >= 4 is 23.6 Å². The van der Waals surface area contributed by atoms with Gasteiger partial charge in [-0.05, 0) is 31.6 Å². The summed E-state index contributed by atoms with van der Waals surface area (Å²) in [6.07, 6.45) is 8.52. The first kappa shape index (κ1) is 17.0. The molecule has 1 aromatic rings. The predicted molar refractivity (Wildman–Crippen MR) is 89.3 cm³/mol. The molecule has 7 nitrogen and oxygen atoms in total. The van der Waals surface area contributed by atoms with Crippen LogP contribution in [0.15, 0.2) is 21.8 Å². The Balaban J connectivity index is 1.55. The van der Waals surface area contributed by atoms with Crippen LogP contribution in [0.5, 0.6) is 0 Å². The number of rotatable bonds is 5. The van der Waals surface area contributed by atoms with Crippen molar-refractivity contribution < 1.29 is 14.0 Å². The molecule has 2 aliphatic rings. The van der Waals surface area contributed by atoms with Crippen molar-refractivity contribution in [1.82, 2.24) is 20.8 Å². The van der Waals surface area contributed by atoms with Gasteiger partial charge in [-0.2, -0.15) is 0 Å². The SMILES string of the molecule is Cc1nnc(SCC(=O)N[C@@H]2CCC(=O)N[C@H]2C2CC=CCC2)o1. The number of piperidine rings is 1. The van der Waals surface area contributed by atoms with E-state index < -0.39 is 0 Å². The van der Waals surface area contributed by atoms with E-state index in [4.69, 9.17) is 4.42 Å². The molecule has 1 aliphatic heterocycles. The maximum absolute atomic E-state index is 12.3. The second kappa shape index (κ2) is 7.83. The molecule has 0 radical (unpaired) electrons. The van der Waals surface area contributed by atoms with Gasteiger partial charge in [0.05, 0.1) is 11.8 Å². The van der Waals surface area contributed by atoms with Crippen molar-refractivity contribution in [2.45, 2.75) is 56.3 Å². The predicted octanol–water partition coefficient (Wildman–Crippen LogP) is 1.59. The molecular formula is C16H22N4O3S. The highest BCUT2D eigenvalue weighted by Gasteiger charge is 2.35. The summed E-state index contributed by atoms with van der Waals surface area (Å²) < 4.78 is 5.25. The molecular weight excluding hydrogens is 328 g/mol. The molecule has 3 atom stereocenters. The quantitative estimate of drug-likeness (QED) is 0.618. The molecule has 8 heteroatoms. The van der Waals surface area contributed by atoms with Crippen LogP contribution in [0.3, 0.4) is 0 Å². The third-order valence-corrected chi connectivity index (χ3v) is 5.26. The van der Waals surface area contributed by atoms with Crippen molar-refractivity contribution in [2.24, 2.45) is 5.92 Å². The van der Waals surface area contributed by atoms with Gasteiger partial charge in [0, 0.05) is 19.4 Å². The van der Waals surface area contributed by atoms with Crippen LogP contribution in [0.25, 0.3) is 0 Å². The fourth-order valence-electron chi connectivity index (χ4n) is 3.29. The van der Waals surface area contributed by atoms with Gasteiger partial charge in [0.2, 0.25) is 17.7 Å². The number of carbonyl (C=O) groups is 2. The van der Waals surface area contributed by atoms with Crippen molar-refractivity contribution in [3.63, 3.8) is 0 Å². The smallest absolute Gasteiger partial charge is 0.277 e. The monoisotopic (exact) mass is 350 g/mol. The molecule has 0 bridgehead atoms. The number of hydrogen-bond acceptors (Lipinski definition) is 6. The average molecular weight is 350 g/mol. The molecule has 24 heavy (non-hydrogen) atoms. The minimum atomic E-state index is -0.0756. The third-order valence-electron chi connectivity index (χ3n) is 4.44. The summed E-state index contributed by atoms with van der Waals surface area (Å²) >= 11 is 1.22. The molecule has 0 aromatic carbocycles. The minimum Gasteiger partial charge on any atom is -0.416 e. The molecule has 1 unspecified atom stereocenters. The summed E-state index contributed by atoms with van der Waals surface area (Å²) in [7, 11) is 0. The Morgan fingerprint density at radius 2 is 2.29 bits per heavy atom. The number of amides is 2. The maximum atomic E-state index is 12.3. The van der Waals surface area contributed by atoms with Crippen LogP contribution >= 0.6 is 11.8 Å². The Morgan fingerprint density at radius 1 is 1.42 bits per heavy atom. The molecule has 1 saturated heterocycles. The van der Waals surface area contributed by atoms with Gasteiger partial charge < -0.3 is 15.1 Å². The zero-order chi connectivity index (χ0) is 16.9. The third kappa shape index (κ3) is 4.37. The summed E-state index contributed by atoms with van der Waals surface area (Å²) in [4.78, 5) is 24.0. The zero-order valence-electron chi connectivity index (χ0n) is 13.7. The maximum Gasteiger partial charge on any atom is 0.277 e. The van der Waals surface area contributed by atoms with Gasteiger partial charge in [-0.1, -0.05) is 23.9 Å². The van der Waals surface area contributed by atoms with E-state index in [9.17, 15) is 9.59 Å². The molecule has 0 spiro atoms. The van der Waals surface area contributed by atoms with Crippen molar-refractivity contribution in [3.05, 3.63) is 18.0 Å². The van der Waals surface area contributed by atoms with E-state index in [1.807, 2.05) is 0 Å². The summed E-state index contributed by atoms with van der Waals surface area (Å²) in [5.74, 6) is 1.10. The van der Waals surface area contributed by atoms with Gasteiger partial charge in [0.25, 0.3) is 5.22 Å². The second-order valence-electron chi connectivity index (χ2n) is 6.23. The van der Waals surface area contributed by atoms with E-state index in [1.165, 1.54) is 11.8 Å². The summed E-state index contributed by atoms with van der Waals surface area (Å²) in [5, 5.41) is 14.2. The second-order valence-corrected chi connectivity index (χ2v) is 7.15. The van der Waals surface area contributed by atoms with Crippen molar-refractivity contribution in [3.8, 4) is 0 Å². The highest BCUT2D eigenvalue weighted by atomic mass is 32.2. The normalized spacial score (nSPS) is 26.9. The molecule has 1 aromatic heterocycles. The Morgan fingerprint density at radius 3 is 3.00 bits per heavy atom. The summed E-state index contributed by atoms with van der Waals surface area (Å²) in [6.45, 7) is 1.71. The number of aryl methyl sites for hydroxylation is 1. The van der Waals surface area contributed by atoms with Crippen LogP contribution in [-0.2, 0) is 9.59 Å². The van der Waals surface area contributed by atoms with Crippen LogP contribution in [0.1, 0.15) is 38.0 Å². The van der Waals surface area contributed by atoms with Gasteiger partial charge >= 0.3 is 0 Å². The van der Waals surface area contributed by atoms with Gasteiger partial charge in [0.15, 0.2) is 0 Å². The molecule has 2 heterocycles. The summed E-state index contributed by atoms with van der Waals surface area (Å²) in [5.41, 5.74) is 0. The number of nitrogens with zero attached hydrogens (tertiary/aromatic N) is 2. The lowest BCUT2D eigenvalue weighted by molar-refractivity contribution is -0.126. The lowest BCUT2D eigenvalue weighted by Gasteiger charge is -2.38. The van der Waals surface area contributed by atoms with Crippen LogP contribution in [0, 0.1) is 12.8 Å². The van der Waals surface area contributed by atoms with Gasteiger partial charge in [-0.25, -0.2) is 0 Å². The first-order valence-electron chi connectivity index (χ1n) is 8.28. The highest BCUT2D eigenvalue weighted by molar-refractivity contribution is 7.99. The van der Waals surface area contributed by atoms with E-state index in [2.05, 4.69) is 33.0 Å². The number of nitrogens with one attached hydrogen (secondary N) is 2. The van der Waals surface area contributed by atoms with Crippen molar-refractivity contribution in [1.29, 1.82) is 0 Å². The largest absolute Gasteiger partial charge is 0.416 e. The topological polar surface area (TPSA) is 97.1 Å². The Bertz CT molecular complexity index is 631. The van der Waals surface area contributed by atoms with Gasteiger partial charge in [0.1, 0.15) is 0 Å². The molecule has 0 saturated carbocycles. The summed E-state index contributed by atoms with van der Waals surface area (Å²) in [6, 6.07) is -0.00693. The van der Waals surface area contributed by atoms with Gasteiger partial charge in [-0.3, -0.25) is 9.59 Å². The first-order chi connectivity index (χ1) is 11.6. The fourth-order valence-corrected chi connectivity index (χ4v) is 3.90. The number of carbonyl (C=O) groups excluding carboxylic acids is 2. The van der Waals surface area contributed by atoms with E-state index in [0.29, 0.717) is 29.9 Å². The van der Waals surface area contributed by atoms with E-state index in [1.54, 1.807) is 6.92 Å². The Labute approximate surface area is 145 Å². The lowest BCUT2D eigenvalue weighted by atomic mass is 9.81. The standard InChI is InChI=1S/C16H22N4O3S/c1-10-19-20-16(23-10)24-9-14(22)17-12-7-8-13(21)18-15(12)11-5-3-2-4-6-11/h2-3,11-12,15H,4-9H2,1H3,(H,17,22)(H,18,21)/t11?,12-,15+/m1/s1. The average Bonchev–Trinajstić information content (AvgIpc) is 3.01. The van der Waals surface area contributed by atoms with Crippen LogP contribution in [-0.4, -0.2) is 39.8 Å². The van der Waals surface area contributed by atoms with Crippen LogP contribution in [0.4, 0.5) is 0 Å². The molecule has 1 fully saturated rings. The molecule has 130 valence electrons. The van der Waals surface area contributed by atoms with E-state index in [0.717, 1.165) is 19.3 Å². The molecule has 1 aliphatic carbocycles. The Hall–Kier alpha value is -1.83. The fraction of sp³-hybridized carbons (Fsp3) is 0.625. The van der Waals surface area contributed by atoms with Crippen molar-refractivity contribution in [2.75, 3.05) is 5.75 Å². The number of aromatic nitrogens is 2. The number of hydrogen-bond donors (Lipinski definition) is 2. The van der Waals surface area contributed by atoms with E-state index in [-0.39, 0.29) is 29.7 Å². The number of allylic oxidation sites excluding steroid dienone is 2. The van der Waals surface area contributed by atoms with E-state index >= 15 is 0 Å². The highest BCUT2D eigenvalue weighted by Crippen LogP contribution is 2.27. The first-order valence-corrected chi connectivity index (χ1v) is 9.27. The minimum absolute atomic E-state index is 0.01000. The van der Waals surface area contributed by atoms with Crippen LogP contribution in [0.2, 0.25) is 0 Å². The van der Waals surface area contributed by atoms with Crippen LogP contribution < -0.4 is 10.6 Å². The Kier molecular flexibility index (Phi) is 5.55. The molecule has 2 N–H and O–H groups in total. The van der Waals surface area contributed by atoms with Gasteiger partial charge in [-0.15, -0.1) is 10.2 Å².